The first-order chi connectivity index (χ1) is 10.7. The van der Waals surface area contributed by atoms with Crippen LogP contribution in [0.4, 0.5) is 4.39 Å². The van der Waals surface area contributed by atoms with E-state index >= 15 is 0 Å². The summed E-state index contributed by atoms with van der Waals surface area (Å²) < 4.78 is 14.8. The van der Waals surface area contributed by atoms with Crippen molar-refractivity contribution in [3.05, 3.63) is 48.3 Å². The molecule has 1 aromatic heterocycles. The van der Waals surface area contributed by atoms with Crippen molar-refractivity contribution in [3.63, 3.8) is 0 Å². The summed E-state index contributed by atoms with van der Waals surface area (Å²) in [6, 6.07) is 6.54. The number of aromatic nitrogens is 3. The molecule has 0 N–H and O–H groups in total. The summed E-state index contributed by atoms with van der Waals surface area (Å²) in [5, 5.41) is 4.01. The molecule has 1 aromatic carbocycles. The number of hydrogen-bond donors (Lipinski definition) is 0. The summed E-state index contributed by atoms with van der Waals surface area (Å²) in [6.45, 7) is 1.30. The van der Waals surface area contributed by atoms with Gasteiger partial charge in [0.05, 0.1) is 12.6 Å². The topological polar surface area (TPSA) is 51.0 Å². The summed E-state index contributed by atoms with van der Waals surface area (Å²) in [7, 11) is 0. The first-order valence-electron chi connectivity index (χ1n) is 7.61. The Labute approximate surface area is 128 Å². The first kappa shape index (κ1) is 14.7. The van der Waals surface area contributed by atoms with Crippen LogP contribution in [0.5, 0.6) is 0 Å². The average Bonchev–Trinajstić information content (AvgIpc) is 3.07. The molecule has 1 saturated heterocycles. The van der Waals surface area contributed by atoms with E-state index in [0.717, 1.165) is 31.4 Å². The van der Waals surface area contributed by atoms with Gasteiger partial charge in [0.25, 0.3) is 0 Å². The Bertz CT molecular complexity index is 612. The van der Waals surface area contributed by atoms with Gasteiger partial charge in [0, 0.05) is 13.0 Å². The number of amides is 1. The number of aryl methyl sites for hydroxylation is 1. The van der Waals surface area contributed by atoms with Crippen LogP contribution in [0, 0.1) is 5.82 Å². The van der Waals surface area contributed by atoms with Crippen LogP contribution < -0.4 is 0 Å². The molecule has 1 fully saturated rings. The zero-order chi connectivity index (χ0) is 15.4. The van der Waals surface area contributed by atoms with E-state index in [1.54, 1.807) is 23.1 Å². The predicted molar refractivity (Wildman–Crippen MR) is 79.3 cm³/mol. The van der Waals surface area contributed by atoms with E-state index in [9.17, 15) is 9.18 Å². The van der Waals surface area contributed by atoms with Gasteiger partial charge in [-0.15, -0.1) is 0 Å². The van der Waals surface area contributed by atoms with Crippen molar-refractivity contribution in [1.82, 2.24) is 19.7 Å². The lowest BCUT2D eigenvalue weighted by molar-refractivity contribution is -0.135. The van der Waals surface area contributed by atoms with Gasteiger partial charge in [-0.2, -0.15) is 5.10 Å². The number of rotatable bonds is 4. The van der Waals surface area contributed by atoms with E-state index in [1.165, 1.54) is 18.5 Å². The number of piperidine rings is 1. The molecule has 1 atom stereocenters. The minimum atomic E-state index is -0.247. The SMILES string of the molecule is O=C(CCn1cncn1)N1CCCCC1c1ccc(F)cc1. The molecular formula is C16H19FN4O. The van der Waals surface area contributed by atoms with Crippen LogP contribution in [-0.2, 0) is 11.3 Å². The molecule has 0 radical (unpaired) electrons. The third-order valence-electron chi connectivity index (χ3n) is 4.10. The molecule has 1 aliphatic rings. The lowest BCUT2D eigenvalue weighted by Gasteiger charge is -2.36. The van der Waals surface area contributed by atoms with Crippen LogP contribution in [0.15, 0.2) is 36.9 Å². The Kier molecular flexibility index (Phi) is 4.46. The van der Waals surface area contributed by atoms with Crippen LogP contribution in [-0.4, -0.2) is 32.1 Å². The Morgan fingerprint density at radius 1 is 1.27 bits per heavy atom. The number of carbonyl (C=O) groups is 1. The molecule has 0 aliphatic carbocycles. The van der Waals surface area contributed by atoms with Gasteiger partial charge in [-0.05, 0) is 37.0 Å². The molecule has 116 valence electrons. The molecule has 5 nitrogen and oxygen atoms in total. The Morgan fingerprint density at radius 2 is 2.09 bits per heavy atom. The molecule has 3 rings (SSSR count). The van der Waals surface area contributed by atoms with Crippen LogP contribution in [0.25, 0.3) is 0 Å². The van der Waals surface area contributed by atoms with E-state index in [4.69, 9.17) is 0 Å². The van der Waals surface area contributed by atoms with E-state index in [2.05, 4.69) is 10.1 Å². The second-order valence-electron chi connectivity index (χ2n) is 5.56. The van der Waals surface area contributed by atoms with E-state index in [-0.39, 0.29) is 17.8 Å². The molecule has 1 amide bonds. The fourth-order valence-corrected chi connectivity index (χ4v) is 2.96. The number of benzene rings is 1. The molecule has 0 spiro atoms. The lowest BCUT2D eigenvalue weighted by atomic mass is 9.95. The highest BCUT2D eigenvalue weighted by atomic mass is 19.1. The summed E-state index contributed by atoms with van der Waals surface area (Å²) in [5.41, 5.74) is 1.01. The van der Waals surface area contributed by atoms with Gasteiger partial charge in [-0.3, -0.25) is 9.48 Å². The Hall–Kier alpha value is -2.24. The van der Waals surface area contributed by atoms with Crippen LogP contribution in [0.2, 0.25) is 0 Å². The Balaban J connectivity index is 1.68. The summed E-state index contributed by atoms with van der Waals surface area (Å²) in [4.78, 5) is 18.3. The highest BCUT2D eigenvalue weighted by Crippen LogP contribution is 2.31. The molecule has 1 aliphatic heterocycles. The van der Waals surface area contributed by atoms with Gasteiger partial charge >= 0.3 is 0 Å². The van der Waals surface area contributed by atoms with Gasteiger partial charge in [-0.25, -0.2) is 9.37 Å². The molecule has 0 saturated carbocycles. The number of carbonyl (C=O) groups excluding carboxylic acids is 1. The van der Waals surface area contributed by atoms with Crippen molar-refractivity contribution in [2.45, 2.75) is 38.3 Å². The van der Waals surface area contributed by atoms with Crippen molar-refractivity contribution >= 4 is 5.91 Å². The van der Waals surface area contributed by atoms with Crippen molar-refractivity contribution in [2.24, 2.45) is 0 Å². The molecule has 22 heavy (non-hydrogen) atoms. The van der Waals surface area contributed by atoms with Crippen molar-refractivity contribution in [2.75, 3.05) is 6.54 Å². The van der Waals surface area contributed by atoms with E-state index < -0.39 is 0 Å². The van der Waals surface area contributed by atoms with Gasteiger partial charge in [0.2, 0.25) is 5.91 Å². The van der Waals surface area contributed by atoms with Crippen LogP contribution in [0.1, 0.15) is 37.3 Å². The second kappa shape index (κ2) is 6.68. The number of halogens is 1. The molecule has 1 unspecified atom stereocenters. The number of nitrogens with zero attached hydrogens (tertiary/aromatic N) is 4. The third-order valence-corrected chi connectivity index (χ3v) is 4.10. The minimum Gasteiger partial charge on any atom is -0.336 e. The standard InChI is InChI=1S/C16H19FN4O/c17-14-6-4-13(5-7-14)15-3-1-2-9-21(15)16(22)8-10-20-12-18-11-19-20/h4-7,11-12,15H,1-3,8-10H2. The van der Waals surface area contributed by atoms with E-state index in [0.29, 0.717) is 13.0 Å². The minimum absolute atomic E-state index is 0.0533. The van der Waals surface area contributed by atoms with E-state index in [1.807, 2.05) is 4.90 Å². The lowest BCUT2D eigenvalue weighted by Crippen LogP contribution is -2.38. The van der Waals surface area contributed by atoms with Gasteiger partial charge in [-0.1, -0.05) is 12.1 Å². The highest BCUT2D eigenvalue weighted by Gasteiger charge is 2.27. The summed E-state index contributed by atoms with van der Waals surface area (Å²) in [5.74, 6) is -0.131. The quantitative estimate of drug-likeness (QED) is 0.872. The zero-order valence-corrected chi connectivity index (χ0v) is 12.4. The summed E-state index contributed by atoms with van der Waals surface area (Å²) in [6.07, 6.45) is 6.52. The fourth-order valence-electron chi connectivity index (χ4n) is 2.96. The molecule has 0 bridgehead atoms. The normalized spacial score (nSPS) is 18.4. The largest absolute Gasteiger partial charge is 0.336 e. The first-order valence-corrected chi connectivity index (χ1v) is 7.61. The van der Waals surface area contributed by atoms with Crippen molar-refractivity contribution in [3.8, 4) is 0 Å². The van der Waals surface area contributed by atoms with Gasteiger partial charge in [0.1, 0.15) is 18.5 Å². The van der Waals surface area contributed by atoms with Gasteiger partial charge < -0.3 is 4.90 Å². The predicted octanol–water partition coefficient (Wildman–Crippen LogP) is 2.56. The second-order valence-corrected chi connectivity index (χ2v) is 5.56. The average molecular weight is 302 g/mol. The maximum Gasteiger partial charge on any atom is 0.224 e. The van der Waals surface area contributed by atoms with Crippen molar-refractivity contribution < 1.29 is 9.18 Å². The zero-order valence-electron chi connectivity index (χ0n) is 12.4. The fraction of sp³-hybridized carbons (Fsp3) is 0.438. The smallest absolute Gasteiger partial charge is 0.224 e. The molecule has 2 aromatic rings. The highest BCUT2D eigenvalue weighted by molar-refractivity contribution is 5.76. The monoisotopic (exact) mass is 302 g/mol. The number of likely N-dealkylation sites (tertiary alicyclic amines) is 1. The Morgan fingerprint density at radius 3 is 2.82 bits per heavy atom. The molecular weight excluding hydrogens is 283 g/mol. The maximum atomic E-state index is 13.1. The third kappa shape index (κ3) is 3.32. The van der Waals surface area contributed by atoms with Crippen LogP contribution in [0.3, 0.4) is 0 Å². The maximum absolute atomic E-state index is 13.1. The molecule has 6 heteroatoms. The number of hydrogen-bond acceptors (Lipinski definition) is 3. The molecule has 2 heterocycles. The van der Waals surface area contributed by atoms with Gasteiger partial charge in [0.15, 0.2) is 0 Å². The van der Waals surface area contributed by atoms with Crippen LogP contribution >= 0.6 is 0 Å². The van der Waals surface area contributed by atoms with Crippen molar-refractivity contribution in [1.29, 1.82) is 0 Å². The summed E-state index contributed by atoms with van der Waals surface area (Å²) >= 11 is 0.